The molecule has 0 unspecified atom stereocenters. The van der Waals surface area contributed by atoms with Crippen LogP contribution in [0.1, 0.15) is 69.5 Å². The molecule has 1 saturated carbocycles. The van der Waals surface area contributed by atoms with E-state index in [1.165, 1.54) is 0 Å². The molecule has 39 heavy (non-hydrogen) atoms. The summed E-state index contributed by atoms with van der Waals surface area (Å²) >= 11 is 0. The second kappa shape index (κ2) is 13.4. The van der Waals surface area contributed by atoms with Crippen LogP contribution in [0.2, 0.25) is 0 Å². The Labute approximate surface area is 231 Å². The summed E-state index contributed by atoms with van der Waals surface area (Å²) in [7, 11) is -3.53. The zero-order valence-electron chi connectivity index (χ0n) is 22.8. The number of hydrogen-bond acceptors (Lipinski definition) is 6. The summed E-state index contributed by atoms with van der Waals surface area (Å²) in [5.74, 6) is -0.0597. The normalized spacial score (nSPS) is 23.1. The first-order valence-corrected chi connectivity index (χ1v) is 15.5. The largest absolute Gasteiger partial charge is 0.445 e. The van der Waals surface area contributed by atoms with Crippen molar-refractivity contribution in [1.82, 2.24) is 15.4 Å². The van der Waals surface area contributed by atoms with Gasteiger partial charge < -0.3 is 20.3 Å². The van der Waals surface area contributed by atoms with Crippen LogP contribution in [-0.2, 0) is 26.2 Å². The Balaban J connectivity index is 1.20. The third kappa shape index (κ3) is 8.03. The summed E-state index contributed by atoms with van der Waals surface area (Å²) < 4.78 is 33.1. The van der Waals surface area contributed by atoms with Crippen LogP contribution in [0.15, 0.2) is 54.6 Å². The smallest absolute Gasteiger partial charge is 0.407 e. The number of nitrogens with zero attached hydrogens (tertiary/aromatic N) is 1. The van der Waals surface area contributed by atoms with Crippen molar-refractivity contribution in [3.63, 3.8) is 0 Å². The average Bonchev–Trinajstić information content (AvgIpc) is 2.93. The van der Waals surface area contributed by atoms with Crippen LogP contribution in [0.3, 0.4) is 0 Å². The first-order chi connectivity index (χ1) is 18.8. The average molecular weight is 557 g/mol. The van der Waals surface area contributed by atoms with Gasteiger partial charge in [-0.25, -0.2) is 17.9 Å². The summed E-state index contributed by atoms with van der Waals surface area (Å²) in [5.41, 5.74) is 3.00. The summed E-state index contributed by atoms with van der Waals surface area (Å²) in [6, 6.07) is 17.8. The van der Waals surface area contributed by atoms with E-state index in [0.717, 1.165) is 48.9 Å². The van der Waals surface area contributed by atoms with Crippen molar-refractivity contribution in [1.29, 1.82) is 0 Å². The first kappa shape index (κ1) is 29.0. The van der Waals surface area contributed by atoms with E-state index in [-0.39, 0.29) is 49.0 Å². The molecule has 2 atom stereocenters. The molecular formula is C29H40N4O5S. The molecule has 9 nitrogen and oxygen atoms in total. The number of rotatable bonds is 10. The molecule has 1 fully saturated rings. The Hall–Kier alpha value is -2.95. The quantitative estimate of drug-likeness (QED) is 0.407. The molecule has 1 heterocycles. The number of carbonyl (C=O) groups excluding carboxylic acids is 2. The van der Waals surface area contributed by atoms with Gasteiger partial charge in [0.2, 0.25) is 15.9 Å². The summed E-state index contributed by atoms with van der Waals surface area (Å²) in [4.78, 5) is 26.4. The van der Waals surface area contributed by atoms with Crippen molar-refractivity contribution in [2.75, 3.05) is 17.2 Å². The van der Waals surface area contributed by atoms with Gasteiger partial charge in [-0.1, -0.05) is 55.5 Å². The predicted molar refractivity (Wildman–Crippen MR) is 152 cm³/mol. The van der Waals surface area contributed by atoms with E-state index < -0.39 is 16.1 Å². The molecule has 4 rings (SSSR count). The minimum Gasteiger partial charge on any atom is -0.445 e. The van der Waals surface area contributed by atoms with Gasteiger partial charge in [0.25, 0.3) is 0 Å². The van der Waals surface area contributed by atoms with Crippen LogP contribution in [-0.4, -0.2) is 50.8 Å². The molecule has 0 bridgehead atoms. The van der Waals surface area contributed by atoms with Crippen molar-refractivity contribution in [2.24, 2.45) is 0 Å². The SMILES string of the molecule is CCC(=O)N1c2ccccc2[C@H](NC2CCC(NS(=O)(=O)CCNC(=O)OCc3ccccc3)CC2)C[C@@H]1C. The van der Waals surface area contributed by atoms with Gasteiger partial charge in [0.1, 0.15) is 6.61 Å². The molecule has 2 aromatic carbocycles. The molecule has 0 radical (unpaired) electrons. The highest BCUT2D eigenvalue weighted by Gasteiger charge is 2.34. The number of hydrogen-bond donors (Lipinski definition) is 3. The summed E-state index contributed by atoms with van der Waals surface area (Å²) in [5, 5.41) is 6.31. The number of benzene rings is 2. The zero-order valence-corrected chi connectivity index (χ0v) is 23.6. The number of sulfonamides is 1. The van der Waals surface area contributed by atoms with Crippen LogP contribution < -0.4 is 20.3 Å². The van der Waals surface area contributed by atoms with Crippen LogP contribution in [0.5, 0.6) is 0 Å². The van der Waals surface area contributed by atoms with Crippen molar-refractivity contribution in [3.05, 3.63) is 65.7 Å². The van der Waals surface area contributed by atoms with Crippen LogP contribution in [0.4, 0.5) is 10.5 Å². The lowest BCUT2D eigenvalue weighted by molar-refractivity contribution is -0.118. The molecule has 2 amide bonds. The Morgan fingerprint density at radius 1 is 0.974 bits per heavy atom. The second-order valence-electron chi connectivity index (χ2n) is 10.5. The third-order valence-corrected chi connectivity index (χ3v) is 8.96. The fraction of sp³-hybridized carbons (Fsp3) is 0.517. The van der Waals surface area contributed by atoms with Gasteiger partial charge in [0.15, 0.2) is 0 Å². The van der Waals surface area contributed by atoms with Gasteiger partial charge in [-0.2, -0.15) is 0 Å². The molecule has 0 saturated heterocycles. The second-order valence-corrected chi connectivity index (χ2v) is 12.3. The van der Waals surface area contributed by atoms with Crippen molar-refractivity contribution >= 4 is 27.7 Å². The Morgan fingerprint density at radius 2 is 1.64 bits per heavy atom. The lowest BCUT2D eigenvalue weighted by atomic mass is 9.87. The Kier molecular flexibility index (Phi) is 9.99. The van der Waals surface area contributed by atoms with Crippen molar-refractivity contribution in [2.45, 2.75) is 83.1 Å². The van der Waals surface area contributed by atoms with Gasteiger partial charge in [0.05, 0.1) is 5.75 Å². The predicted octanol–water partition coefficient (Wildman–Crippen LogP) is 4.01. The van der Waals surface area contributed by atoms with Gasteiger partial charge in [-0.3, -0.25) is 4.79 Å². The number of ether oxygens (including phenoxy) is 1. The van der Waals surface area contributed by atoms with Gasteiger partial charge in [-0.15, -0.1) is 0 Å². The van der Waals surface area contributed by atoms with Crippen LogP contribution in [0, 0.1) is 0 Å². The number of para-hydroxylation sites is 1. The topological polar surface area (TPSA) is 117 Å². The third-order valence-electron chi connectivity index (χ3n) is 7.52. The fourth-order valence-corrected chi connectivity index (χ4v) is 6.79. The van der Waals surface area contributed by atoms with Crippen molar-refractivity contribution in [3.8, 4) is 0 Å². The lowest BCUT2D eigenvalue weighted by Crippen LogP contribution is -2.48. The number of fused-ring (bicyclic) bond motifs is 1. The number of anilines is 1. The first-order valence-electron chi connectivity index (χ1n) is 13.9. The Morgan fingerprint density at radius 3 is 2.36 bits per heavy atom. The molecule has 1 aliphatic heterocycles. The molecule has 3 N–H and O–H groups in total. The Bertz CT molecular complexity index is 1220. The fourth-order valence-electron chi connectivity index (χ4n) is 5.56. The summed E-state index contributed by atoms with van der Waals surface area (Å²) in [6.07, 6.45) is 3.90. The standard InChI is InChI=1S/C29H40N4O5S/c1-3-28(34)33-21(2)19-26(25-11-7-8-12-27(25)33)31-23-13-15-24(16-14-23)32-39(36,37)18-17-30-29(35)38-20-22-9-5-4-6-10-22/h4-12,21,23-24,26,31-32H,3,13-20H2,1-2H3,(H,30,35)/t21-,23?,24?,26+/m0/s1. The monoisotopic (exact) mass is 556 g/mol. The van der Waals surface area contributed by atoms with Gasteiger partial charge >= 0.3 is 6.09 Å². The number of nitrogens with one attached hydrogen (secondary N) is 3. The molecule has 0 spiro atoms. The van der Waals surface area contributed by atoms with E-state index >= 15 is 0 Å². The minimum atomic E-state index is -3.53. The summed E-state index contributed by atoms with van der Waals surface area (Å²) in [6.45, 7) is 4.11. The van der Waals surface area contributed by atoms with E-state index in [1.807, 2.05) is 60.4 Å². The van der Waals surface area contributed by atoms with E-state index in [9.17, 15) is 18.0 Å². The number of amides is 2. The minimum absolute atomic E-state index is 0.0172. The van der Waals surface area contributed by atoms with Gasteiger partial charge in [-0.05, 0) is 56.2 Å². The molecule has 2 aliphatic rings. The lowest BCUT2D eigenvalue weighted by Gasteiger charge is -2.41. The highest BCUT2D eigenvalue weighted by Crippen LogP contribution is 2.38. The van der Waals surface area contributed by atoms with E-state index in [1.54, 1.807) is 0 Å². The maximum Gasteiger partial charge on any atom is 0.407 e. The molecule has 212 valence electrons. The molecule has 2 aromatic rings. The highest BCUT2D eigenvalue weighted by molar-refractivity contribution is 7.89. The van der Waals surface area contributed by atoms with Crippen LogP contribution in [0.25, 0.3) is 0 Å². The molecule has 10 heteroatoms. The maximum atomic E-state index is 12.6. The van der Waals surface area contributed by atoms with E-state index in [0.29, 0.717) is 6.42 Å². The number of alkyl carbamates (subject to hydrolysis) is 1. The maximum absolute atomic E-state index is 12.6. The van der Waals surface area contributed by atoms with E-state index in [2.05, 4.69) is 28.3 Å². The van der Waals surface area contributed by atoms with E-state index in [4.69, 9.17) is 4.74 Å². The van der Waals surface area contributed by atoms with Gasteiger partial charge in [0, 0.05) is 42.8 Å². The molecule has 0 aromatic heterocycles. The molecule has 1 aliphatic carbocycles. The molecular weight excluding hydrogens is 516 g/mol. The number of carbonyl (C=O) groups is 2. The van der Waals surface area contributed by atoms with Crippen LogP contribution >= 0.6 is 0 Å². The zero-order chi connectivity index (χ0) is 27.8. The highest BCUT2D eigenvalue weighted by atomic mass is 32.2. The van der Waals surface area contributed by atoms with Crippen molar-refractivity contribution < 1.29 is 22.7 Å².